The van der Waals surface area contributed by atoms with E-state index in [0.717, 1.165) is 32.1 Å². The minimum absolute atomic E-state index is 0.0843. The van der Waals surface area contributed by atoms with Crippen LogP contribution in [0.25, 0.3) is 0 Å². The molecule has 0 saturated heterocycles. The summed E-state index contributed by atoms with van der Waals surface area (Å²) in [6.45, 7) is 0. The highest BCUT2D eigenvalue weighted by Gasteiger charge is 2.55. The minimum atomic E-state index is -0.489. The van der Waals surface area contributed by atoms with Crippen molar-refractivity contribution < 1.29 is 14.6 Å². The molecule has 1 aromatic carbocycles. The topological polar surface area (TPSA) is 71.5 Å². The number of ether oxygens (including phenoxy) is 1. The third-order valence-electron chi connectivity index (χ3n) is 6.56. The van der Waals surface area contributed by atoms with Crippen LogP contribution in [0.2, 0.25) is 5.02 Å². The summed E-state index contributed by atoms with van der Waals surface area (Å²) in [5.41, 5.74) is 0.0795. The lowest BCUT2D eigenvalue weighted by Crippen LogP contribution is -2.61. The second-order valence-electron chi connectivity index (χ2n) is 8.64. The van der Waals surface area contributed by atoms with Crippen LogP contribution in [0.1, 0.15) is 42.5 Å². The number of pyridine rings is 1. The molecular weight excluding hydrogens is 376 g/mol. The highest BCUT2D eigenvalue weighted by Crippen LogP contribution is 2.55. The molecule has 0 spiro atoms. The predicted octanol–water partition coefficient (Wildman–Crippen LogP) is 4.20. The summed E-state index contributed by atoms with van der Waals surface area (Å²) in [7, 11) is 0. The molecule has 1 amide bonds. The molecule has 2 N–H and O–H groups in total. The maximum absolute atomic E-state index is 12.9. The van der Waals surface area contributed by atoms with Crippen molar-refractivity contribution in [2.75, 3.05) is 0 Å². The van der Waals surface area contributed by atoms with Crippen molar-refractivity contribution in [3.63, 3.8) is 0 Å². The zero-order chi connectivity index (χ0) is 19.3. The molecule has 0 radical (unpaired) electrons. The fourth-order valence-corrected chi connectivity index (χ4v) is 5.81. The molecule has 2 unspecified atom stereocenters. The van der Waals surface area contributed by atoms with E-state index in [-0.39, 0.29) is 11.9 Å². The Morgan fingerprint density at radius 1 is 1.18 bits per heavy atom. The number of nitrogens with zero attached hydrogens (tertiary/aromatic N) is 1. The molecule has 4 aliphatic rings. The van der Waals surface area contributed by atoms with Gasteiger partial charge in [0.2, 0.25) is 5.88 Å². The van der Waals surface area contributed by atoms with Gasteiger partial charge in [0.25, 0.3) is 5.91 Å². The van der Waals surface area contributed by atoms with Crippen LogP contribution in [0, 0.1) is 17.8 Å². The zero-order valence-corrected chi connectivity index (χ0v) is 16.2. The Hall–Kier alpha value is -2.11. The number of nitrogens with one attached hydrogen (secondary N) is 1. The molecule has 6 heteroatoms. The molecular formula is C22H23ClN2O3. The van der Waals surface area contributed by atoms with E-state index in [1.807, 2.05) is 0 Å². The van der Waals surface area contributed by atoms with Crippen molar-refractivity contribution in [3.8, 4) is 11.6 Å². The lowest BCUT2D eigenvalue weighted by Gasteiger charge is -2.58. The summed E-state index contributed by atoms with van der Waals surface area (Å²) in [6.07, 6.45) is 6.34. The van der Waals surface area contributed by atoms with Crippen LogP contribution in [0.4, 0.5) is 0 Å². The van der Waals surface area contributed by atoms with Crippen LogP contribution in [-0.4, -0.2) is 27.6 Å². The second-order valence-corrected chi connectivity index (χ2v) is 9.07. The van der Waals surface area contributed by atoms with Gasteiger partial charge < -0.3 is 15.2 Å². The van der Waals surface area contributed by atoms with E-state index in [2.05, 4.69) is 10.3 Å². The van der Waals surface area contributed by atoms with Crippen molar-refractivity contribution >= 4 is 17.5 Å². The number of carbonyl (C=O) groups excluding carboxylic acids is 1. The van der Waals surface area contributed by atoms with E-state index in [4.69, 9.17) is 16.3 Å². The summed E-state index contributed by atoms with van der Waals surface area (Å²) in [5.74, 6) is 2.30. The molecule has 1 heterocycles. The van der Waals surface area contributed by atoms with E-state index in [0.29, 0.717) is 40.0 Å². The van der Waals surface area contributed by atoms with Crippen molar-refractivity contribution in [2.45, 2.75) is 43.7 Å². The van der Waals surface area contributed by atoms with Crippen LogP contribution in [-0.2, 0) is 0 Å². The average Bonchev–Trinajstić information content (AvgIpc) is 2.65. The molecule has 4 bridgehead atoms. The number of aromatic nitrogens is 1. The van der Waals surface area contributed by atoms with Gasteiger partial charge >= 0.3 is 0 Å². The zero-order valence-electron chi connectivity index (χ0n) is 15.5. The van der Waals surface area contributed by atoms with Crippen LogP contribution in [0.15, 0.2) is 42.6 Å². The van der Waals surface area contributed by atoms with Gasteiger partial charge in [-0.3, -0.25) is 4.79 Å². The average molecular weight is 399 g/mol. The van der Waals surface area contributed by atoms with Gasteiger partial charge in [0.1, 0.15) is 5.75 Å². The van der Waals surface area contributed by atoms with Gasteiger partial charge in [-0.1, -0.05) is 17.7 Å². The number of hydrogen-bond donors (Lipinski definition) is 2. The standard InChI is InChI=1S/C22H23ClN2O3/c23-17-4-5-19(24-12-17)28-18-3-1-2-14(8-18)21(26)25-20-15-6-13-7-16(20)11-22(27,9-13)10-15/h1-5,8,12-13,15-16,20,27H,6-7,9-11H2,(H,25,26). The molecule has 2 atom stereocenters. The van der Waals surface area contributed by atoms with Gasteiger partial charge in [-0.25, -0.2) is 4.98 Å². The van der Waals surface area contributed by atoms with Gasteiger partial charge in [0.15, 0.2) is 0 Å². The first-order valence-electron chi connectivity index (χ1n) is 9.90. The summed E-state index contributed by atoms with van der Waals surface area (Å²) >= 11 is 5.85. The molecule has 5 nitrogen and oxygen atoms in total. The first-order chi connectivity index (χ1) is 13.5. The predicted molar refractivity (Wildman–Crippen MR) is 106 cm³/mol. The normalized spacial score (nSPS) is 32.9. The number of carbonyl (C=O) groups is 1. The lowest BCUT2D eigenvalue weighted by molar-refractivity contribution is -0.136. The molecule has 28 heavy (non-hydrogen) atoms. The molecule has 0 aliphatic heterocycles. The van der Waals surface area contributed by atoms with Crippen LogP contribution in [0.3, 0.4) is 0 Å². The molecule has 146 valence electrons. The van der Waals surface area contributed by atoms with Crippen molar-refractivity contribution in [3.05, 3.63) is 53.2 Å². The molecule has 4 saturated carbocycles. The Kier molecular flexibility index (Phi) is 4.33. The molecule has 4 aliphatic carbocycles. The van der Waals surface area contributed by atoms with Crippen LogP contribution in [0.5, 0.6) is 11.6 Å². The van der Waals surface area contributed by atoms with E-state index in [9.17, 15) is 9.90 Å². The third kappa shape index (κ3) is 3.38. The number of aliphatic hydroxyl groups is 1. The first kappa shape index (κ1) is 18.0. The molecule has 6 rings (SSSR count). The number of hydrogen-bond acceptors (Lipinski definition) is 4. The fraction of sp³-hybridized carbons (Fsp3) is 0.455. The monoisotopic (exact) mass is 398 g/mol. The van der Waals surface area contributed by atoms with E-state index >= 15 is 0 Å². The third-order valence-corrected chi connectivity index (χ3v) is 6.78. The van der Waals surface area contributed by atoms with Crippen LogP contribution < -0.4 is 10.1 Å². The number of amides is 1. The lowest BCUT2D eigenvalue weighted by atomic mass is 9.52. The Morgan fingerprint density at radius 2 is 1.96 bits per heavy atom. The largest absolute Gasteiger partial charge is 0.439 e. The molecule has 1 aromatic heterocycles. The van der Waals surface area contributed by atoms with Gasteiger partial charge in [0, 0.05) is 23.9 Å². The van der Waals surface area contributed by atoms with Gasteiger partial charge in [-0.2, -0.15) is 0 Å². The molecule has 4 fully saturated rings. The van der Waals surface area contributed by atoms with E-state index < -0.39 is 5.60 Å². The van der Waals surface area contributed by atoms with E-state index in [1.54, 1.807) is 36.4 Å². The second kappa shape index (κ2) is 6.75. The quantitative estimate of drug-likeness (QED) is 0.809. The Morgan fingerprint density at radius 3 is 2.64 bits per heavy atom. The maximum atomic E-state index is 12.9. The number of benzene rings is 1. The summed E-state index contributed by atoms with van der Waals surface area (Å²) < 4.78 is 5.74. The minimum Gasteiger partial charge on any atom is -0.439 e. The summed E-state index contributed by atoms with van der Waals surface area (Å²) in [6, 6.07) is 10.7. The summed E-state index contributed by atoms with van der Waals surface area (Å²) in [5, 5.41) is 14.5. The van der Waals surface area contributed by atoms with Crippen molar-refractivity contribution in [1.82, 2.24) is 10.3 Å². The van der Waals surface area contributed by atoms with E-state index in [1.165, 1.54) is 6.20 Å². The van der Waals surface area contributed by atoms with Crippen molar-refractivity contribution in [1.29, 1.82) is 0 Å². The Balaban J connectivity index is 1.29. The summed E-state index contributed by atoms with van der Waals surface area (Å²) in [4.78, 5) is 17.0. The van der Waals surface area contributed by atoms with Gasteiger partial charge in [-0.15, -0.1) is 0 Å². The number of rotatable bonds is 4. The maximum Gasteiger partial charge on any atom is 0.251 e. The Bertz CT molecular complexity index is 885. The smallest absolute Gasteiger partial charge is 0.251 e. The van der Waals surface area contributed by atoms with Crippen LogP contribution >= 0.6 is 11.6 Å². The van der Waals surface area contributed by atoms with Crippen molar-refractivity contribution in [2.24, 2.45) is 17.8 Å². The SMILES string of the molecule is O=C(NC1C2CC3CC1CC(O)(C3)C2)c1cccc(Oc2ccc(Cl)cn2)c1. The highest BCUT2D eigenvalue weighted by atomic mass is 35.5. The fourth-order valence-electron chi connectivity index (χ4n) is 5.70. The Labute approximate surface area is 169 Å². The highest BCUT2D eigenvalue weighted by molar-refractivity contribution is 6.30. The van der Waals surface area contributed by atoms with Gasteiger partial charge in [0.05, 0.1) is 10.6 Å². The first-order valence-corrected chi connectivity index (χ1v) is 10.3. The van der Waals surface area contributed by atoms with Gasteiger partial charge in [-0.05, 0) is 74.1 Å². The number of halogens is 1. The molecule has 2 aromatic rings.